The van der Waals surface area contributed by atoms with Crippen molar-refractivity contribution >= 4 is 17.5 Å². The Labute approximate surface area is 141 Å². The largest absolute Gasteiger partial charge is 0.342 e. The van der Waals surface area contributed by atoms with Gasteiger partial charge < -0.3 is 10.2 Å². The smallest absolute Gasteiger partial charge is 0.229 e. The first-order valence-electron chi connectivity index (χ1n) is 8.25. The second-order valence-electron chi connectivity index (χ2n) is 6.07. The first kappa shape index (κ1) is 16.2. The van der Waals surface area contributed by atoms with Gasteiger partial charge in [0.2, 0.25) is 11.8 Å². The number of rotatable bonds is 4. The highest BCUT2D eigenvalue weighted by atomic mass is 16.2. The third-order valence-electron chi connectivity index (χ3n) is 4.29. The van der Waals surface area contributed by atoms with Crippen LogP contribution in [0, 0.1) is 5.92 Å². The normalized spacial score (nSPS) is 17.3. The van der Waals surface area contributed by atoms with E-state index in [1.807, 2.05) is 35.2 Å². The summed E-state index contributed by atoms with van der Waals surface area (Å²) in [5.41, 5.74) is 1.74. The number of piperidine rings is 1. The van der Waals surface area contributed by atoms with Crippen molar-refractivity contribution in [3.8, 4) is 0 Å². The van der Waals surface area contributed by atoms with Gasteiger partial charge in [-0.2, -0.15) is 0 Å². The standard InChI is InChI=1S/C19H21N3O2/c23-18(13-15-5-2-1-3-6-15)22-12-4-7-16(14-22)19(24)21-17-8-10-20-11-9-17/h1-3,5-6,8-11,16H,4,7,12-14H2,(H,20,21,24). The Morgan fingerprint density at radius 2 is 1.88 bits per heavy atom. The molecule has 124 valence electrons. The summed E-state index contributed by atoms with van der Waals surface area (Å²) in [6.07, 6.45) is 5.35. The van der Waals surface area contributed by atoms with E-state index in [1.54, 1.807) is 24.5 Å². The Balaban J connectivity index is 1.57. The predicted molar refractivity (Wildman–Crippen MR) is 92.3 cm³/mol. The highest BCUT2D eigenvalue weighted by Gasteiger charge is 2.28. The van der Waals surface area contributed by atoms with Crippen molar-refractivity contribution in [3.05, 3.63) is 60.4 Å². The summed E-state index contributed by atoms with van der Waals surface area (Å²) >= 11 is 0. The van der Waals surface area contributed by atoms with Gasteiger partial charge in [0.05, 0.1) is 12.3 Å². The zero-order chi connectivity index (χ0) is 16.8. The average molecular weight is 323 g/mol. The van der Waals surface area contributed by atoms with Gasteiger partial charge in [-0.05, 0) is 30.5 Å². The van der Waals surface area contributed by atoms with Crippen molar-refractivity contribution in [2.24, 2.45) is 5.92 Å². The van der Waals surface area contributed by atoms with E-state index < -0.39 is 0 Å². The van der Waals surface area contributed by atoms with Gasteiger partial charge >= 0.3 is 0 Å². The van der Waals surface area contributed by atoms with E-state index in [9.17, 15) is 9.59 Å². The minimum Gasteiger partial charge on any atom is -0.342 e. The maximum absolute atomic E-state index is 12.5. The second-order valence-corrected chi connectivity index (χ2v) is 6.07. The fraction of sp³-hybridized carbons (Fsp3) is 0.316. The average Bonchev–Trinajstić information content (AvgIpc) is 2.63. The Morgan fingerprint density at radius 1 is 1.12 bits per heavy atom. The molecule has 1 atom stereocenters. The zero-order valence-electron chi connectivity index (χ0n) is 13.5. The van der Waals surface area contributed by atoms with Crippen LogP contribution >= 0.6 is 0 Å². The van der Waals surface area contributed by atoms with Crippen LogP contribution in [-0.2, 0) is 16.0 Å². The van der Waals surface area contributed by atoms with Crippen molar-refractivity contribution in [3.63, 3.8) is 0 Å². The monoisotopic (exact) mass is 323 g/mol. The van der Waals surface area contributed by atoms with E-state index in [-0.39, 0.29) is 17.7 Å². The van der Waals surface area contributed by atoms with E-state index in [2.05, 4.69) is 10.3 Å². The van der Waals surface area contributed by atoms with Gasteiger partial charge in [0.25, 0.3) is 0 Å². The van der Waals surface area contributed by atoms with E-state index in [1.165, 1.54) is 0 Å². The Hall–Kier alpha value is -2.69. The number of carbonyl (C=O) groups is 2. The number of likely N-dealkylation sites (tertiary alicyclic amines) is 1. The number of benzene rings is 1. The van der Waals surface area contributed by atoms with Crippen molar-refractivity contribution < 1.29 is 9.59 Å². The molecule has 0 aliphatic carbocycles. The molecule has 1 fully saturated rings. The maximum Gasteiger partial charge on any atom is 0.229 e. The Bertz CT molecular complexity index is 629. The van der Waals surface area contributed by atoms with Gasteiger partial charge in [-0.1, -0.05) is 30.3 Å². The highest BCUT2D eigenvalue weighted by molar-refractivity contribution is 5.93. The number of carbonyl (C=O) groups excluding carboxylic acids is 2. The van der Waals surface area contributed by atoms with Gasteiger partial charge in [0.15, 0.2) is 0 Å². The Morgan fingerprint density at radius 3 is 2.62 bits per heavy atom. The highest BCUT2D eigenvalue weighted by Crippen LogP contribution is 2.19. The van der Waals surface area contributed by atoms with Crippen LogP contribution in [0.2, 0.25) is 0 Å². The van der Waals surface area contributed by atoms with Crippen molar-refractivity contribution in [1.29, 1.82) is 0 Å². The molecule has 0 radical (unpaired) electrons. The molecule has 3 rings (SSSR count). The topological polar surface area (TPSA) is 62.3 Å². The fourth-order valence-electron chi connectivity index (χ4n) is 2.98. The summed E-state index contributed by atoms with van der Waals surface area (Å²) in [4.78, 5) is 30.7. The summed E-state index contributed by atoms with van der Waals surface area (Å²) in [6, 6.07) is 13.2. The van der Waals surface area contributed by atoms with Crippen LogP contribution in [0.1, 0.15) is 18.4 Å². The molecule has 1 unspecified atom stereocenters. The van der Waals surface area contributed by atoms with Crippen LogP contribution in [0.5, 0.6) is 0 Å². The molecule has 1 aliphatic rings. The Kier molecular flexibility index (Phi) is 5.21. The van der Waals surface area contributed by atoms with Crippen molar-refractivity contribution in [2.45, 2.75) is 19.3 Å². The van der Waals surface area contributed by atoms with Crippen LogP contribution in [0.3, 0.4) is 0 Å². The second kappa shape index (κ2) is 7.73. The lowest BCUT2D eigenvalue weighted by atomic mass is 9.96. The number of anilines is 1. The molecule has 0 saturated carbocycles. The molecule has 0 bridgehead atoms. The molecule has 2 amide bonds. The third-order valence-corrected chi connectivity index (χ3v) is 4.29. The lowest BCUT2D eigenvalue weighted by Gasteiger charge is -2.32. The van der Waals surface area contributed by atoms with E-state index in [0.29, 0.717) is 13.0 Å². The summed E-state index contributed by atoms with van der Waals surface area (Å²) in [5, 5.41) is 2.90. The van der Waals surface area contributed by atoms with Crippen LogP contribution in [0.25, 0.3) is 0 Å². The number of nitrogens with one attached hydrogen (secondary N) is 1. The zero-order valence-corrected chi connectivity index (χ0v) is 13.5. The molecule has 24 heavy (non-hydrogen) atoms. The van der Waals surface area contributed by atoms with Crippen LogP contribution in [0.4, 0.5) is 5.69 Å². The number of hydrogen-bond acceptors (Lipinski definition) is 3. The van der Waals surface area contributed by atoms with Gasteiger partial charge in [-0.3, -0.25) is 14.6 Å². The summed E-state index contributed by atoms with van der Waals surface area (Å²) in [7, 11) is 0. The van der Waals surface area contributed by atoms with Gasteiger partial charge in [0, 0.05) is 31.2 Å². The number of aromatic nitrogens is 1. The summed E-state index contributed by atoms with van der Waals surface area (Å²) in [5.74, 6) is -0.104. The molecule has 0 spiro atoms. The third kappa shape index (κ3) is 4.19. The SMILES string of the molecule is O=C(Nc1ccncc1)C1CCCN(C(=O)Cc2ccccc2)C1. The van der Waals surface area contributed by atoms with Gasteiger partial charge in [0.1, 0.15) is 0 Å². The van der Waals surface area contributed by atoms with Crippen molar-refractivity contribution in [1.82, 2.24) is 9.88 Å². The molecule has 5 heteroatoms. The number of hydrogen-bond donors (Lipinski definition) is 1. The fourth-order valence-corrected chi connectivity index (χ4v) is 2.98. The van der Waals surface area contributed by atoms with E-state index in [4.69, 9.17) is 0 Å². The number of pyridine rings is 1. The maximum atomic E-state index is 12.5. The summed E-state index contributed by atoms with van der Waals surface area (Å²) < 4.78 is 0. The van der Waals surface area contributed by atoms with Gasteiger partial charge in [-0.25, -0.2) is 0 Å². The molecule has 1 N–H and O–H groups in total. The van der Waals surface area contributed by atoms with Crippen molar-refractivity contribution in [2.75, 3.05) is 18.4 Å². The number of nitrogens with zero attached hydrogens (tertiary/aromatic N) is 2. The molecule has 1 saturated heterocycles. The molecular weight excluding hydrogens is 302 g/mol. The van der Waals surface area contributed by atoms with Crippen LogP contribution < -0.4 is 5.32 Å². The van der Waals surface area contributed by atoms with Gasteiger partial charge in [-0.15, -0.1) is 0 Å². The molecule has 1 aliphatic heterocycles. The lowest BCUT2D eigenvalue weighted by Crippen LogP contribution is -2.44. The molecular formula is C19H21N3O2. The van der Waals surface area contributed by atoms with Crippen LogP contribution in [-0.4, -0.2) is 34.8 Å². The quantitative estimate of drug-likeness (QED) is 0.940. The molecule has 2 heterocycles. The first-order valence-corrected chi connectivity index (χ1v) is 8.25. The lowest BCUT2D eigenvalue weighted by molar-refractivity contribution is -0.133. The molecule has 1 aromatic heterocycles. The van der Waals surface area contributed by atoms with Crippen LogP contribution in [0.15, 0.2) is 54.9 Å². The first-order chi connectivity index (χ1) is 11.7. The minimum absolute atomic E-state index is 0.0292. The van der Waals surface area contributed by atoms with E-state index in [0.717, 1.165) is 30.6 Å². The van der Waals surface area contributed by atoms with E-state index >= 15 is 0 Å². The molecule has 1 aromatic carbocycles. The summed E-state index contributed by atoms with van der Waals surface area (Å²) in [6.45, 7) is 1.22. The molecule has 5 nitrogen and oxygen atoms in total. The minimum atomic E-state index is -0.161. The molecule has 2 aromatic rings. The number of amides is 2. The predicted octanol–water partition coefficient (Wildman–Crippen LogP) is 2.50.